The van der Waals surface area contributed by atoms with Crippen molar-refractivity contribution in [3.8, 4) is 0 Å². The van der Waals surface area contributed by atoms with Crippen LogP contribution in [0.1, 0.15) is 31.2 Å². The van der Waals surface area contributed by atoms with Crippen molar-refractivity contribution in [2.45, 2.75) is 38.6 Å². The number of nitrogens with one attached hydrogen (secondary N) is 2. The fraction of sp³-hybridized carbons (Fsp3) is 0.533. The number of thiocarbonyl (C=S) groups is 1. The van der Waals surface area contributed by atoms with Gasteiger partial charge < -0.3 is 10.6 Å². The van der Waals surface area contributed by atoms with Crippen LogP contribution < -0.4 is 10.6 Å². The summed E-state index contributed by atoms with van der Waals surface area (Å²) in [6.45, 7) is 1.73. The molecule has 1 aromatic carbocycles. The Bertz CT molecular complexity index is 590. The zero-order valence-electron chi connectivity index (χ0n) is 12.0. The van der Waals surface area contributed by atoms with Gasteiger partial charge in [0.05, 0.1) is 4.92 Å². The van der Waals surface area contributed by atoms with E-state index >= 15 is 0 Å². The van der Waals surface area contributed by atoms with Crippen molar-refractivity contribution < 1.29 is 4.92 Å². The van der Waals surface area contributed by atoms with Gasteiger partial charge in [-0.2, -0.15) is 0 Å². The van der Waals surface area contributed by atoms with Crippen LogP contribution in [0.4, 0.5) is 11.4 Å². The van der Waals surface area contributed by atoms with Crippen LogP contribution in [0.3, 0.4) is 0 Å². The largest absolute Gasteiger partial charge is 0.359 e. The number of rotatable bonds is 3. The van der Waals surface area contributed by atoms with Gasteiger partial charge in [0.25, 0.3) is 5.69 Å². The van der Waals surface area contributed by atoms with Gasteiger partial charge in [-0.25, -0.2) is 0 Å². The molecule has 0 heterocycles. The topological polar surface area (TPSA) is 67.2 Å². The first kappa shape index (κ1) is 14.3. The summed E-state index contributed by atoms with van der Waals surface area (Å²) in [6.07, 6.45) is 5.16. The maximum atomic E-state index is 11.0. The first-order chi connectivity index (χ1) is 10.0. The van der Waals surface area contributed by atoms with Crippen LogP contribution in [0, 0.1) is 28.9 Å². The maximum absolute atomic E-state index is 11.0. The lowest BCUT2D eigenvalue weighted by molar-refractivity contribution is -0.385. The summed E-state index contributed by atoms with van der Waals surface area (Å²) in [5.41, 5.74) is 1.42. The Hall–Kier alpha value is -1.69. The van der Waals surface area contributed by atoms with E-state index < -0.39 is 0 Å². The number of nitro benzene ring substituents is 1. The highest BCUT2D eigenvalue weighted by atomic mass is 32.1. The Morgan fingerprint density at radius 2 is 2.19 bits per heavy atom. The minimum Gasteiger partial charge on any atom is -0.359 e. The molecule has 0 aliphatic heterocycles. The SMILES string of the molecule is Cc1ccc(NC(=S)NC2CC3CCC2C3)cc1[N+](=O)[O-]. The van der Waals surface area contributed by atoms with E-state index in [1.54, 1.807) is 13.0 Å². The molecular weight excluding hydrogens is 286 g/mol. The molecule has 2 aliphatic carbocycles. The van der Waals surface area contributed by atoms with Gasteiger partial charge in [-0.15, -0.1) is 0 Å². The molecule has 0 spiro atoms. The average molecular weight is 305 g/mol. The molecule has 0 saturated heterocycles. The smallest absolute Gasteiger partial charge is 0.274 e. The number of aryl methyl sites for hydroxylation is 1. The molecule has 0 aromatic heterocycles. The van der Waals surface area contributed by atoms with Crippen LogP contribution in [-0.4, -0.2) is 16.1 Å². The second-order valence-corrected chi connectivity index (χ2v) is 6.55. The monoisotopic (exact) mass is 305 g/mol. The molecule has 3 rings (SSSR count). The number of fused-ring (bicyclic) bond motifs is 2. The summed E-state index contributed by atoms with van der Waals surface area (Å²) in [5, 5.41) is 18.0. The zero-order valence-corrected chi connectivity index (χ0v) is 12.8. The number of hydrogen-bond acceptors (Lipinski definition) is 3. The fourth-order valence-electron chi connectivity index (χ4n) is 3.64. The molecule has 3 atom stereocenters. The number of anilines is 1. The maximum Gasteiger partial charge on any atom is 0.274 e. The molecule has 2 fully saturated rings. The summed E-state index contributed by atoms with van der Waals surface area (Å²) in [6, 6.07) is 5.55. The number of benzene rings is 1. The third-order valence-corrected chi connectivity index (χ3v) is 4.94. The van der Waals surface area contributed by atoms with Crippen LogP contribution in [-0.2, 0) is 0 Å². The molecule has 2 saturated carbocycles. The highest BCUT2D eigenvalue weighted by Crippen LogP contribution is 2.44. The van der Waals surface area contributed by atoms with E-state index in [-0.39, 0.29) is 10.6 Å². The van der Waals surface area contributed by atoms with Crippen molar-refractivity contribution in [2.75, 3.05) is 5.32 Å². The normalized spacial score (nSPS) is 26.6. The predicted molar refractivity (Wildman–Crippen MR) is 86.4 cm³/mol. The molecule has 0 radical (unpaired) electrons. The van der Waals surface area contributed by atoms with E-state index in [4.69, 9.17) is 12.2 Å². The van der Waals surface area contributed by atoms with Crippen molar-refractivity contribution in [2.24, 2.45) is 11.8 Å². The summed E-state index contributed by atoms with van der Waals surface area (Å²) in [5.74, 6) is 1.60. The lowest BCUT2D eigenvalue weighted by Gasteiger charge is -2.24. The summed E-state index contributed by atoms with van der Waals surface area (Å²) < 4.78 is 0. The van der Waals surface area contributed by atoms with E-state index in [0.29, 0.717) is 22.4 Å². The second kappa shape index (κ2) is 5.60. The van der Waals surface area contributed by atoms with Gasteiger partial charge in [0.2, 0.25) is 0 Å². The number of nitro groups is 1. The molecule has 1 aromatic rings. The van der Waals surface area contributed by atoms with Crippen molar-refractivity contribution in [1.29, 1.82) is 0 Å². The van der Waals surface area contributed by atoms with Crippen LogP contribution in [0.25, 0.3) is 0 Å². The molecule has 3 unspecified atom stereocenters. The zero-order chi connectivity index (χ0) is 15.0. The van der Waals surface area contributed by atoms with Crippen molar-refractivity contribution in [1.82, 2.24) is 5.32 Å². The van der Waals surface area contributed by atoms with Gasteiger partial charge in [-0.1, -0.05) is 12.5 Å². The van der Waals surface area contributed by atoms with Gasteiger partial charge >= 0.3 is 0 Å². The quantitative estimate of drug-likeness (QED) is 0.509. The Balaban J connectivity index is 1.62. The third kappa shape index (κ3) is 3.00. The van der Waals surface area contributed by atoms with E-state index in [1.165, 1.54) is 31.7 Å². The van der Waals surface area contributed by atoms with E-state index in [1.807, 2.05) is 6.07 Å². The minimum absolute atomic E-state index is 0.114. The highest BCUT2D eigenvalue weighted by Gasteiger charge is 2.39. The number of nitrogens with zero attached hydrogens (tertiary/aromatic N) is 1. The van der Waals surface area contributed by atoms with Crippen LogP contribution in [0.2, 0.25) is 0 Å². The van der Waals surface area contributed by atoms with E-state index in [0.717, 1.165) is 11.8 Å². The van der Waals surface area contributed by atoms with Gasteiger partial charge in [0.15, 0.2) is 5.11 Å². The first-order valence-corrected chi connectivity index (χ1v) is 7.76. The predicted octanol–water partition coefficient (Wildman–Crippen LogP) is 3.38. The van der Waals surface area contributed by atoms with Crippen LogP contribution in [0.5, 0.6) is 0 Å². The first-order valence-electron chi connectivity index (χ1n) is 7.35. The van der Waals surface area contributed by atoms with Gasteiger partial charge in [0, 0.05) is 23.4 Å². The summed E-state index contributed by atoms with van der Waals surface area (Å²) in [7, 11) is 0. The Morgan fingerprint density at radius 3 is 2.81 bits per heavy atom. The lowest BCUT2D eigenvalue weighted by Crippen LogP contribution is -2.40. The van der Waals surface area contributed by atoms with Crippen molar-refractivity contribution in [3.05, 3.63) is 33.9 Å². The molecule has 112 valence electrons. The Kier molecular flexibility index (Phi) is 3.80. The molecule has 5 nitrogen and oxygen atoms in total. The molecule has 2 bridgehead atoms. The fourth-order valence-corrected chi connectivity index (χ4v) is 3.91. The van der Waals surface area contributed by atoms with Crippen LogP contribution in [0.15, 0.2) is 18.2 Å². The van der Waals surface area contributed by atoms with Crippen molar-refractivity contribution in [3.63, 3.8) is 0 Å². The standard InChI is InChI=1S/C15H19N3O2S/c1-9-2-5-12(8-14(9)18(19)20)16-15(21)17-13-7-10-3-4-11(13)6-10/h2,5,8,10-11,13H,3-4,6-7H2,1H3,(H2,16,17,21). The molecule has 6 heteroatoms. The highest BCUT2D eigenvalue weighted by molar-refractivity contribution is 7.80. The van der Waals surface area contributed by atoms with Crippen LogP contribution >= 0.6 is 12.2 Å². The molecular formula is C15H19N3O2S. The molecule has 2 N–H and O–H groups in total. The third-order valence-electron chi connectivity index (χ3n) is 4.72. The van der Waals surface area contributed by atoms with E-state index in [2.05, 4.69) is 10.6 Å². The lowest BCUT2D eigenvalue weighted by atomic mass is 9.96. The second-order valence-electron chi connectivity index (χ2n) is 6.14. The Morgan fingerprint density at radius 1 is 1.38 bits per heavy atom. The molecule has 2 aliphatic rings. The van der Waals surface area contributed by atoms with Gasteiger partial charge in [-0.05, 0) is 56.3 Å². The van der Waals surface area contributed by atoms with Gasteiger partial charge in [-0.3, -0.25) is 10.1 Å². The molecule has 0 amide bonds. The number of hydrogen-bond donors (Lipinski definition) is 2. The molecule has 21 heavy (non-hydrogen) atoms. The van der Waals surface area contributed by atoms with Gasteiger partial charge in [0.1, 0.15) is 0 Å². The average Bonchev–Trinajstić information content (AvgIpc) is 3.03. The summed E-state index contributed by atoms with van der Waals surface area (Å²) >= 11 is 5.34. The van der Waals surface area contributed by atoms with E-state index in [9.17, 15) is 10.1 Å². The Labute approximate surface area is 129 Å². The summed E-state index contributed by atoms with van der Waals surface area (Å²) in [4.78, 5) is 10.6. The van der Waals surface area contributed by atoms with Crippen molar-refractivity contribution >= 4 is 28.7 Å². The minimum atomic E-state index is -0.368.